The third kappa shape index (κ3) is 4.00. The van der Waals surface area contributed by atoms with Crippen molar-refractivity contribution < 1.29 is 27.9 Å². The van der Waals surface area contributed by atoms with E-state index in [2.05, 4.69) is 21.2 Å². The Morgan fingerprint density at radius 2 is 1.87 bits per heavy atom. The fourth-order valence-corrected chi connectivity index (χ4v) is 3.86. The first kappa shape index (κ1) is 20.3. The Labute approximate surface area is 178 Å². The number of rotatable bonds is 3. The number of ether oxygens (including phenoxy) is 1. The summed E-state index contributed by atoms with van der Waals surface area (Å²) in [7, 11) is 0. The van der Waals surface area contributed by atoms with E-state index in [1.165, 1.54) is 9.80 Å². The molecule has 4 rings (SSSR count). The van der Waals surface area contributed by atoms with Crippen LogP contribution in [0.25, 0.3) is 0 Å². The zero-order valence-electron chi connectivity index (χ0n) is 15.5. The lowest BCUT2D eigenvalue weighted by Crippen LogP contribution is -2.60. The number of nitrogens with zero attached hydrogens (tertiary/aromatic N) is 2. The molecule has 0 aromatic heterocycles. The summed E-state index contributed by atoms with van der Waals surface area (Å²) in [6, 6.07) is 6.80. The molecule has 7 nitrogen and oxygen atoms in total. The summed E-state index contributed by atoms with van der Waals surface area (Å²) in [5.74, 6) is -2.88. The van der Waals surface area contributed by atoms with Crippen LogP contribution in [-0.2, 0) is 9.59 Å². The highest BCUT2D eigenvalue weighted by Gasteiger charge is 2.40. The predicted octanol–water partition coefficient (Wildman–Crippen LogP) is 2.41. The molecule has 1 N–H and O–H groups in total. The molecule has 10 heteroatoms. The van der Waals surface area contributed by atoms with E-state index in [0.717, 1.165) is 12.1 Å². The summed E-state index contributed by atoms with van der Waals surface area (Å²) in [5, 5.41) is 2.73. The first-order chi connectivity index (χ1) is 14.3. The molecule has 2 heterocycles. The quantitative estimate of drug-likeness (QED) is 0.732. The summed E-state index contributed by atoms with van der Waals surface area (Å²) >= 11 is 3.32. The van der Waals surface area contributed by atoms with Crippen LogP contribution in [-0.4, -0.2) is 59.8 Å². The van der Waals surface area contributed by atoms with Crippen molar-refractivity contribution in [2.45, 2.75) is 6.04 Å². The molecule has 2 aliphatic rings. The number of carbonyl (C=O) groups excluding carboxylic acids is 3. The number of carbonyl (C=O) groups is 3. The van der Waals surface area contributed by atoms with Crippen LogP contribution in [0.2, 0.25) is 0 Å². The van der Waals surface area contributed by atoms with Crippen molar-refractivity contribution in [1.29, 1.82) is 0 Å². The fraction of sp³-hybridized carbons (Fsp3) is 0.250. The molecule has 2 aliphatic heterocycles. The predicted molar refractivity (Wildman–Crippen MR) is 106 cm³/mol. The minimum Gasteiger partial charge on any atom is -0.484 e. The van der Waals surface area contributed by atoms with Gasteiger partial charge in [-0.15, -0.1) is 0 Å². The summed E-state index contributed by atoms with van der Waals surface area (Å²) in [4.78, 5) is 41.0. The molecule has 0 aliphatic carbocycles. The zero-order valence-corrected chi connectivity index (χ0v) is 17.1. The second-order valence-electron chi connectivity index (χ2n) is 6.93. The summed E-state index contributed by atoms with van der Waals surface area (Å²) < 4.78 is 32.4. The lowest BCUT2D eigenvalue weighted by molar-refractivity contribution is -0.137. The normalized spacial score (nSPS) is 18.3. The third-order valence-electron chi connectivity index (χ3n) is 4.96. The van der Waals surface area contributed by atoms with E-state index in [0.29, 0.717) is 21.8 Å². The van der Waals surface area contributed by atoms with Gasteiger partial charge in [0.1, 0.15) is 23.4 Å². The first-order valence-corrected chi connectivity index (χ1v) is 9.89. The second kappa shape index (κ2) is 8.02. The van der Waals surface area contributed by atoms with Gasteiger partial charge in [-0.3, -0.25) is 14.4 Å². The molecular weight excluding hydrogens is 464 g/mol. The monoisotopic (exact) mass is 479 g/mol. The summed E-state index contributed by atoms with van der Waals surface area (Å²) in [5.41, 5.74) is 0.786. The smallest absolute Gasteiger partial charge is 0.260 e. The van der Waals surface area contributed by atoms with E-state index < -0.39 is 36.1 Å². The van der Waals surface area contributed by atoms with Crippen LogP contribution in [0.15, 0.2) is 40.9 Å². The largest absolute Gasteiger partial charge is 0.484 e. The number of hydrogen-bond acceptors (Lipinski definition) is 4. The number of halogens is 3. The maximum atomic E-state index is 13.2. The molecule has 0 radical (unpaired) electrons. The maximum absolute atomic E-state index is 13.2. The molecule has 0 saturated carbocycles. The van der Waals surface area contributed by atoms with Crippen molar-refractivity contribution >= 4 is 39.3 Å². The highest BCUT2D eigenvalue weighted by molar-refractivity contribution is 9.10. The summed E-state index contributed by atoms with van der Waals surface area (Å²) in [6.07, 6.45) is 0. The van der Waals surface area contributed by atoms with Crippen LogP contribution in [0.5, 0.6) is 5.75 Å². The Bertz CT molecular complexity index is 1030. The third-order valence-corrected chi connectivity index (χ3v) is 5.46. The van der Waals surface area contributed by atoms with Crippen molar-refractivity contribution in [2.75, 3.05) is 31.6 Å². The zero-order chi connectivity index (χ0) is 21.4. The van der Waals surface area contributed by atoms with Gasteiger partial charge in [0.2, 0.25) is 5.91 Å². The van der Waals surface area contributed by atoms with Gasteiger partial charge in [-0.25, -0.2) is 8.78 Å². The van der Waals surface area contributed by atoms with Crippen molar-refractivity contribution in [3.05, 3.63) is 58.1 Å². The number of piperazine rings is 1. The Balaban J connectivity index is 1.46. The highest BCUT2D eigenvalue weighted by atomic mass is 79.9. The lowest BCUT2D eigenvalue weighted by atomic mass is 10.1. The molecular formula is C20H16BrF2N3O4. The van der Waals surface area contributed by atoms with Crippen LogP contribution < -0.4 is 10.1 Å². The van der Waals surface area contributed by atoms with Crippen molar-refractivity contribution in [3.8, 4) is 5.75 Å². The Hall–Kier alpha value is -3.01. The van der Waals surface area contributed by atoms with Crippen LogP contribution in [0.3, 0.4) is 0 Å². The Morgan fingerprint density at radius 3 is 2.60 bits per heavy atom. The summed E-state index contributed by atoms with van der Waals surface area (Å²) in [6.45, 7) is -0.0768. The van der Waals surface area contributed by atoms with Gasteiger partial charge in [-0.2, -0.15) is 0 Å². The number of fused-ring (bicyclic) bond motifs is 2. The van der Waals surface area contributed by atoms with Crippen LogP contribution in [0.4, 0.5) is 14.5 Å². The minimum absolute atomic E-state index is 0.00750. The van der Waals surface area contributed by atoms with Crippen molar-refractivity contribution in [2.24, 2.45) is 0 Å². The van der Waals surface area contributed by atoms with E-state index in [1.807, 2.05) is 0 Å². The Morgan fingerprint density at radius 1 is 1.13 bits per heavy atom. The van der Waals surface area contributed by atoms with E-state index in [9.17, 15) is 23.2 Å². The van der Waals surface area contributed by atoms with Gasteiger partial charge in [-0.1, -0.05) is 15.9 Å². The molecule has 0 spiro atoms. The van der Waals surface area contributed by atoms with Gasteiger partial charge in [0.15, 0.2) is 6.61 Å². The number of anilines is 1. The Kier molecular flexibility index (Phi) is 5.42. The van der Waals surface area contributed by atoms with Crippen LogP contribution in [0, 0.1) is 11.6 Å². The SMILES string of the molecule is O=C1Nc2ccc(Br)cc2C(=O)N2CCN(C(=O)COc3cc(F)cc(F)c3)CC12. The molecule has 1 fully saturated rings. The molecule has 2 aromatic rings. The molecule has 3 amide bonds. The molecule has 1 saturated heterocycles. The van der Waals surface area contributed by atoms with Crippen molar-refractivity contribution in [3.63, 3.8) is 0 Å². The molecule has 156 valence electrons. The molecule has 0 bridgehead atoms. The molecule has 1 atom stereocenters. The van der Waals surface area contributed by atoms with E-state index in [-0.39, 0.29) is 31.3 Å². The molecule has 30 heavy (non-hydrogen) atoms. The average molecular weight is 480 g/mol. The van der Waals surface area contributed by atoms with E-state index in [1.54, 1.807) is 18.2 Å². The number of benzene rings is 2. The van der Waals surface area contributed by atoms with Crippen molar-refractivity contribution in [1.82, 2.24) is 9.80 Å². The van der Waals surface area contributed by atoms with Gasteiger partial charge < -0.3 is 19.9 Å². The van der Waals surface area contributed by atoms with Gasteiger partial charge in [0, 0.05) is 35.8 Å². The maximum Gasteiger partial charge on any atom is 0.260 e. The fourth-order valence-electron chi connectivity index (χ4n) is 3.50. The van der Waals surface area contributed by atoms with Gasteiger partial charge in [0.05, 0.1) is 17.8 Å². The number of nitrogens with one attached hydrogen (secondary N) is 1. The van der Waals surface area contributed by atoms with E-state index in [4.69, 9.17) is 4.74 Å². The van der Waals surface area contributed by atoms with Crippen LogP contribution in [0.1, 0.15) is 10.4 Å². The number of hydrogen-bond donors (Lipinski definition) is 1. The van der Waals surface area contributed by atoms with Crippen LogP contribution >= 0.6 is 15.9 Å². The second-order valence-corrected chi connectivity index (χ2v) is 7.84. The van der Waals surface area contributed by atoms with Gasteiger partial charge in [-0.05, 0) is 18.2 Å². The van der Waals surface area contributed by atoms with Gasteiger partial charge >= 0.3 is 0 Å². The average Bonchev–Trinajstić information content (AvgIpc) is 2.80. The molecule has 1 unspecified atom stereocenters. The number of amides is 3. The lowest BCUT2D eigenvalue weighted by Gasteiger charge is -2.39. The minimum atomic E-state index is -0.854. The first-order valence-electron chi connectivity index (χ1n) is 9.10. The topological polar surface area (TPSA) is 79.0 Å². The van der Waals surface area contributed by atoms with E-state index >= 15 is 0 Å². The molecule has 2 aromatic carbocycles. The standard InChI is InChI=1S/C20H16BrF2N3O4/c21-11-1-2-16-15(5-11)20(29)26-4-3-25(9-17(26)19(28)24-16)18(27)10-30-14-7-12(22)6-13(23)8-14/h1-2,5-8,17H,3-4,9-10H2,(H,24,28). The van der Waals surface area contributed by atoms with Gasteiger partial charge in [0.25, 0.3) is 11.8 Å². The highest BCUT2D eigenvalue weighted by Crippen LogP contribution is 2.28.